The molecule has 6 heteroatoms. The van der Waals surface area contributed by atoms with E-state index in [9.17, 15) is 14.4 Å². The molecule has 0 atom stereocenters. The number of nitrogens with zero attached hydrogens (tertiary/aromatic N) is 1. The quantitative estimate of drug-likeness (QED) is 0.632. The lowest BCUT2D eigenvalue weighted by atomic mass is 10.1. The van der Waals surface area contributed by atoms with Crippen molar-refractivity contribution >= 4 is 17.7 Å². The van der Waals surface area contributed by atoms with Crippen LogP contribution in [0.2, 0.25) is 0 Å². The fourth-order valence-corrected chi connectivity index (χ4v) is 2.93. The normalized spacial score (nSPS) is 12.5. The van der Waals surface area contributed by atoms with E-state index >= 15 is 0 Å². The minimum absolute atomic E-state index is 0.0637. The van der Waals surface area contributed by atoms with E-state index in [2.05, 4.69) is 11.2 Å². The maximum absolute atomic E-state index is 12.5. The third-order valence-corrected chi connectivity index (χ3v) is 4.16. The summed E-state index contributed by atoms with van der Waals surface area (Å²) >= 11 is 0. The molecule has 1 heterocycles. The van der Waals surface area contributed by atoms with Crippen LogP contribution in [0.5, 0.6) is 5.75 Å². The second-order valence-corrected chi connectivity index (χ2v) is 5.89. The van der Waals surface area contributed by atoms with Crippen LogP contribution in [0.3, 0.4) is 0 Å². The van der Waals surface area contributed by atoms with Gasteiger partial charge in [-0.3, -0.25) is 19.3 Å². The number of carbonyl (C=O) groups is 3. The van der Waals surface area contributed by atoms with E-state index in [0.717, 1.165) is 0 Å². The topological polar surface area (TPSA) is 75.7 Å². The second kappa shape index (κ2) is 7.75. The molecule has 27 heavy (non-hydrogen) atoms. The molecule has 2 aromatic rings. The van der Waals surface area contributed by atoms with E-state index in [1.54, 1.807) is 42.5 Å². The first-order chi connectivity index (χ1) is 13.1. The fraction of sp³-hybridized carbons (Fsp3) is 0.190. The Labute approximate surface area is 157 Å². The van der Waals surface area contributed by atoms with E-state index in [0.29, 0.717) is 34.6 Å². The number of rotatable bonds is 6. The molecule has 0 radical (unpaired) electrons. The van der Waals surface area contributed by atoms with Crippen molar-refractivity contribution in [1.82, 2.24) is 10.2 Å². The first kappa shape index (κ1) is 18.2. The van der Waals surface area contributed by atoms with Gasteiger partial charge >= 0.3 is 0 Å². The van der Waals surface area contributed by atoms with Crippen molar-refractivity contribution in [1.29, 1.82) is 0 Å². The zero-order valence-corrected chi connectivity index (χ0v) is 14.8. The molecule has 0 aliphatic carbocycles. The van der Waals surface area contributed by atoms with Gasteiger partial charge in [-0.2, -0.15) is 0 Å². The Balaban J connectivity index is 1.88. The van der Waals surface area contributed by atoms with Crippen LogP contribution >= 0.6 is 0 Å². The third kappa shape index (κ3) is 3.53. The Hall–Kier alpha value is -3.59. The molecule has 3 rings (SSSR count). The summed E-state index contributed by atoms with van der Waals surface area (Å²) in [5, 5.41) is 2.60. The minimum Gasteiger partial charge on any atom is -0.493 e. The number of carbonyl (C=O) groups excluding carboxylic acids is 3. The van der Waals surface area contributed by atoms with Crippen molar-refractivity contribution in [3.63, 3.8) is 0 Å². The lowest BCUT2D eigenvalue weighted by molar-refractivity contribution is 0.0642. The molecule has 0 unspecified atom stereocenters. The first-order valence-electron chi connectivity index (χ1n) is 8.49. The zero-order valence-electron chi connectivity index (χ0n) is 14.8. The maximum atomic E-state index is 12.5. The van der Waals surface area contributed by atoms with Gasteiger partial charge in [0.25, 0.3) is 17.7 Å². The molecule has 0 fully saturated rings. The number of ether oxygens (including phenoxy) is 1. The van der Waals surface area contributed by atoms with E-state index < -0.39 is 0 Å². The van der Waals surface area contributed by atoms with Crippen LogP contribution < -0.4 is 10.1 Å². The zero-order chi connectivity index (χ0) is 19.4. The first-order valence-corrected chi connectivity index (χ1v) is 8.49. The van der Waals surface area contributed by atoms with Crippen LogP contribution in [0.4, 0.5) is 0 Å². The third-order valence-electron chi connectivity index (χ3n) is 4.16. The summed E-state index contributed by atoms with van der Waals surface area (Å²) in [5.41, 5.74) is 1.72. The van der Waals surface area contributed by atoms with Gasteiger partial charge in [-0.05, 0) is 36.8 Å². The predicted octanol–water partition coefficient (Wildman–Crippen LogP) is 2.24. The van der Waals surface area contributed by atoms with E-state index in [1.807, 2.05) is 6.92 Å². The van der Waals surface area contributed by atoms with Gasteiger partial charge in [0.05, 0.1) is 36.4 Å². The molecule has 0 spiro atoms. The number of benzene rings is 2. The Bertz CT molecular complexity index is 924. The number of terminal acetylenes is 1. The second-order valence-electron chi connectivity index (χ2n) is 5.89. The van der Waals surface area contributed by atoms with Gasteiger partial charge in [0, 0.05) is 0 Å². The van der Waals surface area contributed by atoms with Gasteiger partial charge in [-0.25, -0.2) is 0 Å². The Morgan fingerprint density at radius 2 is 1.81 bits per heavy atom. The van der Waals surface area contributed by atoms with Crippen molar-refractivity contribution in [3.05, 3.63) is 64.7 Å². The molecule has 0 saturated carbocycles. The van der Waals surface area contributed by atoms with Gasteiger partial charge in [-0.15, -0.1) is 6.42 Å². The predicted molar refractivity (Wildman–Crippen MR) is 99.4 cm³/mol. The highest BCUT2D eigenvalue weighted by atomic mass is 16.5. The summed E-state index contributed by atoms with van der Waals surface area (Å²) in [6, 6.07) is 11.7. The lowest BCUT2D eigenvalue weighted by Crippen LogP contribution is -2.29. The average Bonchev–Trinajstić information content (AvgIpc) is 2.92. The molecule has 1 aliphatic rings. The number of amides is 3. The summed E-state index contributed by atoms with van der Waals surface area (Å²) in [5.74, 6) is 1.70. The van der Waals surface area contributed by atoms with Crippen molar-refractivity contribution in [2.24, 2.45) is 0 Å². The Morgan fingerprint density at radius 1 is 1.15 bits per heavy atom. The maximum Gasteiger partial charge on any atom is 0.261 e. The van der Waals surface area contributed by atoms with Gasteiger partial charge < -0.3 is 10.1 Å². The number of imide groups is 1. The van der Waals surface area contributed by atoms with Crippen molar-refractivity contribution < 1.29 is 19.1 Å². The van der Waals surface area contributed by atoms with Crippen molar-refractivity contribution in [2.45, 2.75) is 13.5 Å². The summed E-state index contributed by atoms with van der Waals surface area (Å²) in [4.78, 5) is 38.6. The number of nitrogens with one attached hydrogen (secondary N) is 1. The number of hydrogen-bond acceptors (Lipinski definition) is 4. The highest BCUT2D eigenvalue weighted by Gasteiger charge is 2.35. The smallest absolute Gasteiger partial charge is 0.261 e. The van der Waals surface area contributed by atoms with Crippen molar-refractivity contribution in [3.8, 4) is 18.1 Å². The molecular formula is C21H18N2O4. The monoisotopic (exact) mass is 362 g/mol. The average molecular weight is 362 g/mol. The van der Waals surface area contributed by atoms with Gasteiger partial charge in [0.2, 0.25) is 0 Å². The van der Waals surface area contributed by atoms with Crippen LogP contribution in [0, 0.1) is 12.3 Å². The number of fused-ring (bicyclic) bond motifs is 1. The van der Waals surface area contributed by atoms with Gasteiger partial charge in [-0.1, -0.05) is 24.1 Å². The molecule has 1 aliphatic heterocycles. The van der Waals surface area contributed by atoms with Crippen molar-refractivity contribution in [2.75, 3.05) is 13.2 Å². The number of hydrogen-bond donors (Lipinski definition) is 1. The van der Waals surface area contributed by atoms with Crippen LogP contribution in [0.15, 0.2) is 42.5 Å². The standard InChI is InChI=1S/C21H18N2O4/c1-3-11-22-19(24)17-12-14(9-10-18(17)27-4-2)13-23-20(25)15-7-5-6-8-16(15)21(23)26/h1,5-10,12H,4,11,13H2,2H3,(H,22,24). The molecule has 0 saturated heterocycles. The summed E-state index contributed by atoms with van der Waals surface area (Å²) < 4.78 is 5.50. The largest absolute Gasteiger partial charge is 0.493 e. The Morgan fingerprint density at radius 3 is 2.41 bits per heavy atom. The molecule has 136 valence electrons. The molecule has 1 N–H and O–H groups in total. The molecule has 6 nitrogen and oxygen atoms in total. The van der Waals surface area contributed by atoms with Crippen LogP contribution in [-0.4, -0.2) is 35.8 Å². The lowest BCUT2D eigenvalue weighted by Gasteiger charge is -2.16. The summed E-state index contributed by atoms with van der Waals surface area (Å²) in [6.45, 7) is 2.37. The van der Waals surface area contributed by atoms with Crippen LogP contribution in [0.25, 0.3) is 0 Å². The van der Waals surface area contributed by atoms with Crippen LogP contribution in [-0.2, 0) is 6.54 Å². The Kier molecular flexibility index (Phi) is 5.23. The van der Waals surface area contributed by atoms with E-state index in [-0.39, 0.29) is 30.8 Å². The molecule has 0 aromatic heterocycles. The highest BCUT2D eigenvalue weighted by molar-refractivity contribution is 6.21. The fourth-order valence-electron chi connectivity index (χ4n) is 2.93. The summed E-state index contributed by atoms with van der Waals surface area (Å²) in [6.07, 6.45) is 5.19. The molecular weight excluding hydrogens is 344 g/mol. The van der Waals surface area contributed by atoms with E-state index in [4.69, 9.17) is 11.2 Å². The minimum atomic E-state index is -0.374. The SMILES string of the molecule is C#CCNC(=O)c1cc(CN2C(=O)c3ccccc3C2=O)ccc1OCC. The molecule has 0 bridgehead atoms. The van der Waals surface area contributed by atoms with Crippen LogP contribution in [0.1, 0.15) is 43.6 Å². The highest BCUT2D eigenvalue weighted by Crippen LogP contribution is 2.26. The molecule has 2 aromatic carbocycles. The van der Waals surface area contributed by atoms with Gasteiger partial charge in [0.1, 0.15) is 5.75 Å². The van der Waals surface area contributed by atoms with E-state index in [1.165, 1.54) is 4.90 Å². The molecule has 3 amide bonds. The summed E-state index contributed by atoms with van der Waals surface area (Å²) in [7, 11) is 0. The van der Waals surface area contributed by atoms with Gasteiger partial charge in [0.15, 0.2) is 0 Å².